The summed E-state index contributed by atoms with van der Waals surface area (Å²) in [6.07, 6.45) is 38.6. The van der Waals surface area contributed by atoms with Crippen LogP contribution in [0.25, 0.3) is 0 Å². The quantitative estimate of drug-likeness (QED) is 0.0758. The molecule has 0 aromatic carbocycles. The first kappa shape index (κ1) is 32.6. The summed E-state index contributed by atoms with van der Waals surface area (Å²) < 4.78 is 1.13. The maximum absolute atomic E-state index is 2.61. The fourth-order valence-corrected chi connectivity index (χ4v) is 8.04. The Kier molecular flexibility index (Phi) is 28.3. The molecule has 0 spiro atoms. The molecule has 0 radical (unpaired) electrons. The van der Waals surface area contributed by atoms with E-state index >= 15 is 0 Å². The Hall–Kier alpha value is 0.558. The zero-order chi connectivity index (χ0) is 23.5. The monoisotopic (exact) mass is 512 g/mol. The molecule has 0 saturated heterocycles. The topological polar surface area (TPSA) is 0 Å². The van der Waals surface area contributed by atoms with Gasteiger partial charge in [-0.15, -0.1) is 0 Å². The Morgan fingerprint density at radius 1 is 0.344 bits per heavy atom. The zero-order valence-corrected chi connectivity index (χ0v) is 25.3. The van der Waals surface area contributed by atoms with Crippen molar-refractivity contribution in [2.45, 2.75) is 197 Å². The van der Waals surface area contributed by atoms with Gasteiger partial charge < -0.3 is 0 Å². The third-order valence-corrected chi connectivity index (χ3v) is 11.7. The molecule has 0 fully saturated rings. The third-order valence-electron chi connectivity index (χ3n) is 7.51. The summed E-state index contributed by atoms with van der Waals surface area (Å²) in [4.78, 5) is 0. The second kappa shape index (κ2) is 27.8. The van der Waals surface area contributed by atoms with Crippen LogP contribution < -0.4 is 0 Å². The summed E-state index contributed by atoms with van der Waals surface area (Å²) in [6.45, 7) is 4.62. The van der Waals surface area contributed by atoms with Crippen molar-refractivity contribution in [3.63, 3.8) is 0 Å². The van der Waals surface area contributed by atoms with Gasteiger partial charge in [-0.05, 0) is 0 Å². The molecule has 0 aromatic rings. The van der Waals surface area contributed by atoms with Crippen molar-refractivity contribution in [1.82, 2.24) is 0 Å². The van der Waals surface area contributed by atoms with Crippen molar-refractivity contribution >= 4 is 14.7 Å². The molecular formula is C31H65As. The Morgan fingerprint density at radius 3 is 0.781 bits per heavy atom. The van der Waals surface area contributed by atoms with Crippen LogP contribution in [-0.2, 0) is 0 Å². The number of hydrogen-bond donors (Lipinski definition) is 0. The average molecular weight is 513 g/mol. The minimum atomic E-state index is -0.526. The Balaban J connectivity index is 3.41. The predicted molar refractivity (Wildman–Crippen MR) is 153 cm³/mol. The first-order valence-electron chi connectivity index (χ1n) is 15.4. The van der Waals surface area contributed by atoms with E-state index in [0.717, 1.165) is 4.71 Å². The number of rotatable bonds is 27. The van der Waals surface area contributed by atoms with Crippen molar-refractivity contribution in [2.24, 2.45) is 0 Å². The molecule has 0 N–H and O–H groups in total. The van der Waals surface area contributed by atoms with Crippen LogP contribution in [0.3, 0.4) is 0 Å². The summed E-state index contributed by atoms with van der Waals surface area (Å²) >= 11 is -0.526. The van der Waals surface area contributed by atoms with Crippen molar-refractivity contribution in [3.8, 4) is 0 Å². The second-order valence-electron chi connectivity index (χ2n) is 11.0. The van der Waals surface area contributed by atoms with E-state index in [1.54, 1.807) is 12.8 Å². The molecule has 0 heterocycles. The molecule has 0 aliphatic rings. The third kappa shape index (κ3) is 25.2. The van der Waals surface area contributed by atoms with Crippen molar-refractivity contribution in [3.05, 3.63) is 0 Å². The summed E-state index contributed by atoms with van der Waals surface area (Å²) in [7, 11) is 0. The van der Waals surface area contributed by atoms with Crippen LogP contribution in [-0.4, -0.2) is 14.7 Å². The van der Waals surface area contributed by atoms with Crippen molar-refractivity contribution in [2.75, 3.05) is 0 Å². The van der Waals surface area contributed by atoms with Crippen LogP contribution in [0.4, 0.5) is 0 Å². The normalized spacial score (nSPS) is 11.8. The van der Waals surface area contributed by atoms with Crippen LogP contribution in [0.1, 0.15) is 181 Å². The van der Waals surface area contributed by atoms with Crippen molar-refractivity contribution in [1.29, 1.82) is 0 Å². The first-order valence-corrected chi connectivity index (χ1v) is 20.2. The van der Waals surface area contributed by atoms with Crippen molar-refractivity contribution < 1.29 is 0 Å². The average Bonchev–Trinajstić information content (AvgIpc) is 2.78. The molecule has 0 nitrogen and oxygen atoms in total. The van der Waals surface area contributed by atoms with Crippen LogP contribution in [0, 0.1) is 0 Å². The molecule has 0 bridgehead atoms. The van der Waals surface area contributed by atoms with E-state index in [1.165, 1.54) is 154 Å². The molecule has 194 valence electrons. The molecule has 0 aromatic heterocycles. The number of unbranched alkanes of at least 4 members (excludes halogenated alkanes) is 22. The Labute approximate surface area is 211 Å². The molecule has 1 heteroatoms. The summed E-state index contributed by atoms with van der Waals surface area (Å²) in [6, 6.07) is 0. The molecule has 0 saturated carbocycles. The van der Waals surface area contributed by atoms with E-state index in [9.17, 15) is 0 Å². The van der Waals surface area contributed by atoms with Gasteiger partial charge in [0.25, 0.3) is 0 Å². The van der Waals surface area contributed by atoms with E-state index in [2.05, 4.69) is 25.3 Å². The van der Waals surface area contributed by atoms with Gasteiger partial charge in [0.2, 0.25) is 0 Å². The van der Waals surface area contributed by atoms with E-state index in [-0.39, 0.29) is 0 Å². The van der Waals surface area contributed by atoms with E-state index in [0.29, 0.717) is 0 Å². The maximum atomic E-state index is 2.61. The van der Waals surface area contributed by atoms with Gasteiger partial charge in [-0.3, -0.25) is 0 Å². The second-order valence-corrected chi connectivity index (χ2v) is 16.5. The van der Waals surface area contributed by atoms with Crippen LogP contribution in [0.2, 0.25) is 16.1 Å². The van der Waals surface area contributed by atoms with Crippen LogP contribution >= 0.6 is 0 Å². The summed E-state index contributed by atoms with van der Waals surface area (Å²) in [5.74, 6) is 0. The van der Waals surface area contributed by atoms with Gasteiger partial charge in [-0.2, -0.15) is 0 Å². The molecule has 0 unspecified atom stereocenters. The van der Waals surface area contributed by atoms with Gasteiger partial charge >= 0.3 is 172 Å². The molecule has 0 amide bonds. The van der Waals surface area contributed by atoms with Crippen LogP contribution in [0.5, 0.6) is 0 Å². The fraction of sp³-hybridized carbons (Fsp3) is 1.00. The van der Waals surface area contributed by atoms with Gasteiger partial charge in [0.1, 0.15) is 0 Å². The predicted octanol–water partition coefficient (Wildman–Crippen LogP) is 12.3. The van der Waals surface area contributed by atoms with Gasteiger partial charge in [0, 0.05) is 0 Å². The molecule has 0 atom stereocenters. The van der Waals surface area contributed by atoms with E-state index in [4.69, 9.17) is 0 Å². The Morgan fingerprint density at radius 2 is 0.562 bits per heavy atom. The Bertz CT molecular complexity index is 296. The minimum absolute atomic E-state index is 0.526. The number of hydrogen-bond acceptors (Lipinski definition) is 0. The van der Waals surface area contributed by atoms with Crippen LogP contribution in [0.15, 0.2) is 0 Å². The molecule has 0 rings (SSSR count). The molecule has 0 aliphatic heterocycles. The van der Waals surface area contributed by atoms with Gasteiger partial charge in [-0.1, -0.05) is 39.5 Å². The zero-order valence-electron chi connectivity index (χ0n) is 23.4. The van der Waals surface area contributed by atoms with Gasteiger partial charge in [-0.25, -0.2) is 0 Å². The van der Waals surface area contributed by atoms with E-state index in [1.807, 2.05) is 0 Å². The van der Waals surface area contributed by atoms with Gasteiger partial charge in [0.15, 0.2) is 0 Å². The first-order chi connectivity index (χ1) is 15.7. The van der Waals surface area contributed by atoms with E-state index < -0.39 is 14.7 Å². The SMILES string of the molecule is CCCCCCCCCCCCCCC(CCCCCCCCCCCCCC)[As](C)C. The van der Waals surface area contributed by atoms with Gasteiger partial charge in [0.05, 0.1) is 0 Å². The fourth-order valence-electron chi connectivity index (χ4n) is 5.10. The molecular weight excluding hydrogens is 447 g/mol. The molecule has 0 aliphatic carbocycles. The summed E-state index contributed by atoms with van der Waals surface area (Å²) in [5, 5.41) is 0. The molecule has 32 heavy (non-hydrogen) atoms. The summed E-state index contributed by atoms with van der Waals surface area (Å²) in [5.41, 5.74) is 5.22. The standard InChI is InChI=1S/C31H65As/c1-5-7-9-11-13-15-17-19-21-23-25-27-29-31(32(3)4)30-28-26-24-22-20-18-16-14-12-10-8-6-2/h31H,5-30H2,1-4H3.